The van der Waals surface area contributed by atoms with Gasteiger partial charge >= 0.3 is 0 Å². The molecule has 1 aromatic carbocycles. The van der Waals surface area contributed by atoms with Crippen molar-refractivity contribution in [3.05, 3.63) is 40.7 Å². The van der Waals surface area contributed by atoms with Gasteiger partial charge in [-0.1, -0.05) is 12.1 Å². The summed E-state index contributed by atoms with van der Waals surface area (Å²) in [7, 11) is 0. The lowest BCUT2D eigenvalue weighted by Gasteiger charge is -2.15. The van der Waals surface area contributed by atoms with Crippen molar-refractivity contribution in [3.63, 3.8) is 0 Å². The van der Waals surface area contributed by atoms with Gasteiger partial charge in [-0.25, -0.2) is 9.37 Å². The highest BCUT2D eigenvalue weighted by atomic mass is 32.1. The molecule has 1 amide bonds. The van der Waals surface area contributed by atoms with Crippen molar-refractivity contribution in [2.24, 2.45) is 5.92 Å². The zero-order chi connectivity index (χ0) is 16.4. The van der Waals surface area contributed by atoms with Gasteiger partial charge in [0, 0.05) is 12.2 Å². The molecule has 0 bridgehead atoms. The van der Waals surface area contributed by atoms with Crippen LogP contribution in [-0.2, 0) is 9.53 Å². The Hall–Kier alpha value is -1.79. The van der Waals surface area contributed by atoms with Gasteiger partial charge in [-0.05, 0) is 32.4 Å². The summed E-state index contributed by atoms with van der Waals surface area (Å²) in [5, 5.41) is 3.66. The van der Waals surface area contributed by atoms with E-state index < -0.39 is 0 Å². The van der Waals surface area contributed by atoms with Crippen molar-refractivity contribution >= 4 is 17.2 Å². The molecule has 6 heteroatoms. The molecule has 0 spiro atoms. The average Bonchev–Trinajstić information content (AvgIpc) is 3.17. The van der Waals surface area contributed by atoms with Crippen LogP contribution in [0.2, 0.25) is 0 Å². The Morgan fingerprint density at radius 3 is 2.96 bits per heavy atom. The second kappa shape index (κ2) is 6.76. The summed E-state index contributed by atoms with van der Waals surface area (Å²) >= 11 is 1.42. The second-order valence-electron chi connectivity index (χ2n) is 5.74. The van der Waals surface area contributed by atoms with Crippen LogP contribution in [0.5, 0.6) is 0 Å². The smallest absolute Gasteiger partial charge is 0.226 e. The monoisotopic (exact) mass is 334 g/mol. The highest BCUT2D eigenvalue weighted by molar-refractivity contribution is 7.15. The molecule has 1 N–H and O–H groups in total. The van der Waals surface area contributed by atoms with Crippen molar-refractivity contribution in [1.29, 1.82) is 0 Å². The number of nitrogens with one attached hydrogen (secondary N) is 1. The van der Waals surface area contributed by atoms with Crippen LogP contribution in [-0.4, -0.2) is 24.1 Å². The Kier molecular flexibility index (Phi) is 4.73. The Balaban J connectivity index is 1.77. The van der Waals surface area contributed by atoms with Gasteiger partial charge < -0.3 is 10.1 Å². The lowest BCUT2D eigenvalue weighted by molar-refractivity contribution is -0.125. The van der Waals surface area contributed by atoms with E-state index in [1.807, 2.05) is 13.8 Å². The first-order chi connectivity index (χ1) is 11.1. The van der Waals surface area contributed by atoms with Crippen LogP contribution in [0.4, 0.5) is 4.39 Å². The predicted octanol–water partition coefficient (Wildman–Crippen LogP) is 3.47. The second-order valence-corrected chi connectivity index (χ2v) is 6.77. The maximum Gasteiger partial charge on any atom is 0.226 e. The molecule has 1 aliphatic heterocycles. The van der Waals surface area contributed by atoms with E-state index in [2.05, 4.69) is 10.3 Å². The van der Waals surface area contributed by atoms with E-state index in [-0.39, 0.29) is 23.7 Å². The highest BCUT2D eigenvalue weighted by Crippen LogP contribution is 2.33. The van der Waals surface area contributed by atoms with E-state index in [1.54, 1.807) is 18.2 Å². The molecule has 0 aliphatic carbocycles. The third-order valence-electron chi connectivity index (χ3n) is 3.99. The van der Waals surface area contributed by atoms with Crippen molar-refractivity contribution in [2.45, 2.75) is 26.3 Å². The maximum absolute atomic E-state index is 13.9. The first-order valence-electron chi connectivity index (χ1n) is 7.66. The summed E-state index contributed by atoms with van der Waals surface area (Å²) in [6.45, 7) is 4.95. The minimum Gasteiger partial charge on any atom is -0.381 e. The summed E-state index contributed by atoms with van der Waals surface area (Å²) < 4.78 is 19.2. The van der Waals surface area contributed by atoms with Crippen LogP contribution in [0.3, 0.4) is 0 Å². The molecule has 23 heavy (non-hydrogen) atoms. The van der Waals surface area contributed by atoms with Crippen molar-refractivity contribution < 1.29 is 13.9 Å². The van der Waals surface area contributed by atoms with Gasteiger partial charge in [-0.3, -0.25) is 4.79 Å². The highest BCUT2D eigenvalue weighted by Gasteiger charge is 2.26. The third kappa shape index (κ3) is 3.43. The quantitative estimate of drug-likeness (QED) is 0.931. The molecule has 0 saturated carbocycles. The van der Waals surface area contributed by atoms with E-state index >= 15 is 0 Å². The van der Waals surface area contributed by atoms with Crippen LogP contribution < -0.4 is 5.32 Å². The molecule has 4 nitrogen and oxygen atoms in total. The zero-order valence-corrected chi connectivity index (χ0v) is 14.0. The molecule has 1 aromatic heterocycles. The van der Waals surface area contributed by atoms with E-state index in [0.717, 1.165) is 17.0 Å². The van der Waals surface area contributed by atoms with E-state index in [0.29, 0.717) is 23.8 Å². The number of thiazole rings is 1. The fraction of sp³-hybridized carbons (Fsp3) is 0.412. The minimum absolute atomic E-state index is 0.00948. The number of halogens is 1. The molecule has 1 fully saturated rings. The fourth-order valence-corrected chi connectivity index (χ4v) is 3.79. The number of ether oxygens (including phenoxy) is 1. The summed E-state index contributed by atoms with van der Waals surface area (Å²) in [5.41, 5.74) is 1.32. The van der Waals surface area contributed by atoms with Crippen LogP contribution in [0, 0.1) is 18.7 Å². The molecule has 0 radical (unpaired) electrons. The Bertz CT molecular complexity index is 710. The standard InChI is InChI=1S/C17H19FN2O2S/c1-10(19-16(21)12-7-8-22-9-12)15-11(2)20-17(23-15)13-5-3-4-6-14(13)18/h3-6,10,12H,7-9H2,1-2H3,(H,19,21)/t10-,12-/m1/s1. The van der Waals surface area contributed by atoms with Crippen molar-refractivity contribution in [1.82, 2.24) is 10.3 Å². The van der Waals surface area contributed by atoms with Gasteiger partial charge in [0.05, 0.1) is 29.1 Å². The van der Waals surface area contributed by atoms with Crippen LogP contribution in [0.15, 0.2) is 24.3 Å². The zero-order valence-electron chi connectivity index (χ0n) is 13.1. The number of amides is 1. The van der Waals surface area contributed by atoms with E-state index in [4.69, 9.17) is 4.74 Å². The summed E-state index contributed by atoms with van der Waals surface area (Å²) in [6.07, 6.45) is 0.765. The normalized spacial score (nSPS) is 18.8. The molecule has 2 atom stereocenters. The summed E-state index contributed by atoms with van der Waals surface area (Å²) in [5.74, 6) is -0.348. The maximum atomic E-state index is 13.9. The van der Waals surface area contributed by atoms with Crippen molar-refractivity contribution in [2.75, 3.05) is 13.2 Å². The number of aryl methyl sites for hydroxylation is 1. The Morgan fingerprint density at radius 1 is 1.48 bits per heavy atom. The number of aromatic nitrogens is 1. The molecule has 3 rings (SSSR count). The number of rotatable bonds is 4. The SMILES string of the molecule is Cc1nc(-c2ccccc2F)sc1[C@@H](C)NC(=O)[C@@H]1CCOC1. The first-order valence-corrected chi connectivity index (χ1v) is 8.48. The number of carbonyl (C=O) groups is 1. The van der Waals surface area contributed by atoms with Crippen LogP contribution >= 0.6 is 11.3 Å². The lowest BCUT2D eigenvalue weighted by Crippen LogP contribution is -2.32. The number of nitrogens with zero attached hydrogens (tertiary/aromatic N) is 1. The van der Waals surface area contributed by atoms with Gasteiger partial charge in [0.2, 0.25) is 5.91 Å². The fourth-order valence-electron chi connectivity index (χ4n) is 2.70. The van der Waals surface area contributed by atoms with Gasteiger partial charge in [-0.15, -0.1) is 11.3 Å². The molecule has 2 aromatic rings. The van der Waals surface area contributed by atoms with Crippen LogP contribution in [0.25, 0.3) is 10.6 Å². The van der Waals surface area contributed by atoms with E-state index in [1.165, 1.54) is 17.4 Å². The Labute approximate surface area is 138 Å². The van der Waals surface area contributed by atoms with Gasteiger partial charge in [-0.2, -0.15) is 0 Å². The predicted molar refractivity (Wildman–Crippen MR) is 87.7 cm³/mol. The Morgan fingerprint density at radius 2 is 2.26 bits per heavy atom. The lowest BCUT2D eigenvalue weighted by atomic mass is 10.1. The first kappa shape index (κ1) is 16.1. The molecular formula is C17H19FN2O2S. The van der Waals surface area contributed by atoms with Gasteiger partial charge in [0.1, 0.15) is 10.8 Å². The molecular weight excluding hydrogens is 315 g/mol. The largest absolute Gasteiger partial charge is 0.381 e. The molecule has 122 valence electrons. The molecule has 0 unspecified atom stereocenters. The van der Waals surface area contributed by atoms with Gasteiger partial charge in [0.25, 0.3) is 0 Å². The summed E-state index contributed by atoms with van der Waals surface area (Å²) in [4.78, 5) is 17.6. The van der Waals surface area contributed by atoms with Crippen LogP contribution in [0.1, 0.15) is 30.0 Å². The summed E-state index contributed by atoms with van der Waals surface area (Å²) in [6, 6.07) is 6.45. The number of carbonyl (C=O) groups excluding carboxylic acids is 1. The van der Waals surface area contributed by atoms with Gasteiger partial charge in [0.15, 0.2) is 0 Å². The topological polar surface area (TPSA) is 51.2 Å². The number of hydrogen-bond acceptors (Lipinski definition) is 4. The average molecular weight is 334 g/mol. The molecule has 1 aliphatic rings. The number of hydrogen-bond donors (Lipinski definition) is 1. The molecule has 1 saturated heterocycles. The third-order valence-corrected chi connectivity index (χ3v) is 5.36. The van der Waals surface area contributed by atoms with E-state index in [9.17, 15) is 9.18 Å². The molecule has 2 heterocycles. The van der Waals surface area contributed by atoms with Crippen molar-refractivity contribution in [3.8, 4) is 10.6 Å². The number of benzene rings is 1. The minimum atomic E-state index is -0.285.